The van der Waals surface area contributed by atoms with Gasteiger partial charge in [-0.15, -0.1) is 0 Å². The smallest absolute Gasteiger partial charge is 0.0759 e. The number of piperidine rings is 1. The summed E-state index contributed by atoms with van der Waals surface area (Å²) in [4.78, 5) is 14.8. The standard InChI is InChI=1S/C21H36N4/c1-16-17(2)23-19(18(3)22-16)12-24-11-9-21(14-24)8-7-10-25(15-21)13-20(4,5)6/h7-15H2,1-6H3. The molecule has 2 fully saturated rings. The van der Waals surface area contributed by atoms with Gasteiger partial charge in [-0.1, -0.05) is 20.8 Å². The second-order valence-electron chi connectivity index (χ2n) is 9.76. The molecule has 25 heavy (non-hydrogen) atoms. The molecule has 1 aromatic heterocycles. The Morgan fingerprint density at radius 3 is 2.28 bits per heavy atom. The summed E-state index contributed by atoms with van der Waals surface area (Å²) in [5.74, 6) is 0. The van der Waals surface area contributed by atoms with E-state index in [4.69, 9.17) is 4.98 Å². The lowest BCUT2D eigenvalue weighted by Gasteiger charge is -2.42. The lowest BCUT2D eigenvalue weighted by molar-refractivity contribution is 0.0671. The van der Waals surface area contributed by atoms with E-state index >= 15 is 0 Å². The molecule has 0 radical (unpaired) electrons. The lowest BCUT2D eigenvalue weighted by atomic mass is 9.78. The van der Waals surface area contributed by atoms with Crippen molar-refractivity contribution in [3.8, 4) is 0 Å². The van der Waals surface area contributed by atoms with Crippen LogP contribution >= 0.6 is 0 Å². The van der Waals surface area contributed by atoms with Crippen molar-refractivity contribution >= 4 is 0 Å². The normalized spacial score (nSPS) is 25.8. The van der Waals surface area contributed by atoms with Crippen LogP contribution in [-0.4, -0.2) is 52.5 Å². The molecular formula is C21H36N4. The molecule has 0 N–H and O–H groups in total. The number of likely N-dealkylation sites (tertiary alicyclic amines) is 2. The minimum atomic E-state index is 0.392. The Balaban J connectivity index is 1.64. The van der Waals surface area contributed by atoms with Crippen LogP contribution in [0.5, 0.6) is 0 Å². The summed E-state index contributed by atoms with van der Waals surface area (Å²) in [5, 5.41) is 0. The van der Waals surface area contributed by atoms with Gasteiger partial charge >= 0.3 is 0 Å². The van der Waals surface area contributed by atoms with Crippen molar-refractivity contribution in [2.75, 3.05) is 32.7 Å². The van der Waals surface area contributed by atoms with E-state index in [2.05, 4.69) is 56.3 Å². The fourth-order valence-corrected chi connectivity index (χ4v) is 4.73. The summed E-state index contributed by atoms with van der Waals surface area (Å²) >= 11 is 0. The Kier molecular flexibility index (Phi) is 5.23. The average Bonchev–Trinajstić information content (AvgIpc) is 2.85. The second kappa shape index (κ2) is 6.96. The van der Waals surface area contributed by atoms with Gasteiger partial charge < -0.3 is 4.90 Å². The van der Waals surface area contributed by atoms with Crippen molar-refractivity contribution in [3.63, 3.8) is 0 Å². The first-order valence-corrected chi connectivity index (χ1v) is 9.91. The molecule has 3 heterocycles. The summed E-state index contributed by atoms with van der Waals surface area (Å²) in [6.07, 6.45) is 4.08. The van der Waals surface area contributed by atoms with E-state index in [0.29, 0.717) is 10.8 Å². The number of rotatable bonds is 3. The van der Waals surface area contributed by atoms with Crippen LogP contribution < -0.4 is 0 Å². The molecule has 1 unspecified atom stereocenters. The highest BCUT2D eigenvalue weighted by Gasteiger charge is 2.41. The molecule has 4 heteroatoms. The maximum atomic E-state index is 4.82. The Hall–Kier alpha value is -1.00. The molecule has 4 nitrogen and oxygen atoms in total. The third kappa shape index (κ3) is 4.59. The molecule has 140 valence electrons. The summed E-state index contributed by atoms with van der Waals surface area (Å²) in [6, 6.07) is 0. The quantitative estimate of drug-likeness (QED) is 0.836. The van der Waals surface area contributed by atoms with Gasteiger partial charge in [-0.25, -0.2) is 0 Å². The van der Waals surface area contributed by atoms with Crippen LogP contribution in [0.2, 0.25) is 0 Å². The van der Waals surface area contributed by atoms with Crippen LogP contribution in [-0.2, 0) is 6.54 Å². The van der Waals surface area contributed by atoms with Gasteiger partial charge in [-0.3, -0.25) is 14.9 Å². The summed E-state index contributed by atoms with van der Waals surface area (Å²) in [5.41, 5.74) is 5.30. The topological polar surface area (TPSA) is 32.3 Å². The van der Waals surface area contributed by atoms with Gasteiger partial charge in [0.25, 0.3) is 0 Å². The zero-order chi connectivity index (χ0) is 18.2. The van der Waals surface area contributed by atoms with Crippen molar-refractivity contribution in [1.29, 1.82) is 0 Å². The summed E-state index contributed by atoms with van der Waals surface area (Å²) < 4.78 is 0. The van der Waals surface area contributed by atoms with Crippen LogP contribution in [0.3, 0.4) is 0 Å². The van der Waals surface area contributed by atoms with Gasteiger partial charge in [-0.2, -0.15) is 0 Å². The van der Waals surface area contributed by atoms with Crippen LogP contribution in [0.1, 0.15) is 62.8 Å². The predicted molar refractivity (Wildman–Crippen MR) is 104 cm³/mol. The van der Waals surface area contributed by atoms with Gasteiger partial charge in [0.05, 0.1) is 22.8 Å². The van der Waals surface area contributed by atoms with Gasteiger partial charge in [0.15, 0.2) is 0 Å². The Bertz CT molecular complexity index is 619. The molecule has 0 amide bonds. The van der Waals surface area contributed by atoms with E-state index in [0.717, 1.165) is 23.6 Å². The maximum absolute atomic E-state index is 4.82. The van der Waals surface area contributed by atoms with Crippen molar-refractivity contribution in [2.24, 2.45) is 10.8 Å². The van der Waals surface area contributed by atoms with E-state index in [9.17, 15) is 0 Å². The van der Waals surface area contributed by atoms with Crippen molar-refractivity contribution in [1.82, 2.24) is 19.8 Å². The van der Waals surface area contributed by atoms with E-state index in [1.54, 1.807) is 0 Å². The minimum absolute atomic E-state index is 0.392. The van der Waals surface area contributed by atoms with Crippen molar-refractivity contribution < 1.29 is 0 Å². The first-order chi connectivity index (χ1) is 11.7. The Morgan fingerprint density at radius 2 is 1.56 bits per heavy atom. The third-order valence-electron chi connectivity index (χ3n) is 5.91. The predicted octanol–water partition coefficient (Wildman–Crippen LogP) is 3.74. The van der Waals surface area contributed by atoms with E-state index in [1.807, 2.05) is 0 Å². The number of nitrogens with zero attached hydrogens (tertiary/aromatic N) is 4. The molecule has 2 aliphatic rings. The number of hydrogen-bond donors (Lipinski definition) is 0. The van der Waals surface area contributed by atoms with Gasteiger partial charge in [0.2, 0.25) is 0 Å². The van der Waals surface area contributed by atoms with E-state index < -0.39 is 0 Å². The first kappa shape index (κ1) is 18.8. The highest BCUT2D eigenvalue weighted by molar-refractivity contribution is 5.18. The molecule has 0 saturated carbocycles. The van der Waals surface area contributed by atoms with E-state index in [-0.39, 0.29) is 0 Å². The molecule has 0 aliphatic carbocycles. The highest BCUT2D eigenvalue weighted by atomic mass is 15.2. The maximum Gasteiger partial charge on any atom is 0.0759 e. The summed E-state index contributed by atoms with van der Waals surface area (Å²) in [7, 11) is 0. The zero-order valence-electron chi connectivity index (χ0n) is 17.2. The van der Waals surface area contributed by atoms with Crippen LogP contribution in [0.15, 0.2) is 0 Å². The highest BCUT2D eigenvalue weighted by Crippen LogP contribution is 2.40. The second-order valence-corrected chi connectivity index (χ2v) is 9.76. The molecule has 3 rings (SSSR count). The minimum Gasteiger partial charge on any atom is -0.302 e. The Labute approximate surface area is 154 Å². The van der Waals surface area contributed by atoms with Gasteiger partial charge in [-0.05, 0) is 64.0 Å². The van der Waals surface area contributed by atoms with Crippen molar-refractivity contribution in [3.05, 3.63) is 22.8 Å². The van der Waals surface area contributed by atoms with E-state index in [1.165, 1.54) is 57.7 Å². The van der Waals surface area contributed by atoms with Gasteiger partial charge in [0.1, 0.15) is 0 Å². The molecule has 1 atom stereocenters. The van der Waals surface area contributed by atoms with Gasteiger partial charge in [0, 0.05) is 26.2 Å². The number of aromatic nitrogens is 2. The number of hydrogen-bond acceptors (Lipinski definition) is 4. The third-order valence-corrected chi connectivity index (χ3v) is 5.91. The zero-order valence-corrected chi connectivity index (χ0v) is 17.2. The fraction of sp³-hybridized carbons (Fsp3) is 0.810. The number of aryl methyl sites for hydroxylation is 3. The monoisotopic (exact) mass is 344 g/mol. The largest absolute Gasteiger partial charge is 0.302 e. The first-order valence-electron chi connectivity index (χ1n) is 9.91. The molecule has 1 aromatic rings. The van der Waals surface area contributed by atoms with Crippen molar-refractivity contribution in [2.45, 2.75) is 67.3 Å². The fourth-order valence-electron chi connectivity index (χ4n) is 4.73. The molecule has 2 saturated heterocycles. The van der Waals surface area contributed by atoms with Crippen LogP contribution in [0, 0.1) is 31.6 Å². The molecular weight excluding hydrogens is 308 g/mol. The average molecular weight is 345 g/mol. The molecule has 0 aromatic carbocycles. The molecule has 1 spiro atoms. The summed E-state index contributed by atoms with van der Waals surface area (Å²) in [6.45, 7) is 20.5. The van der Waals surface area contributed by atoms with Crippen LogP contribution in [0.25, 0.3) is 0 Å². The molecule has 0 bridgehead atoms. The van der Waals surface area contributed by atoms with Crippen LogP contribution in [0.4, 0.5) is 0 Å². The molecule has 2 aliphatic heterocycles. The lowest BCUT2D eigenvalue weighted by Crippen LogP contribution is -2.47. The Morgan fingerprint density at radius 1 is 0.880 bits per heavy atom. The SMILES string of the molecule is Cc1nc(C)c(CN2CCC3(CCCN(CC(C)(C)C)C3)C2)nc1C.